The molecule has 1 atom stereocenters. The van der Waals surface area contributed by atoms with Gasteiger partial charge in [0, 0.05) is 30.0 Å². The van der Waals surface area contributed by atoms with Crippen LogP contribution < -0.4 is 4.74 Å². The molecular formula is C16H15N3O2S. The Morgan fingerprint density at radius 3 is 3.05 bits per heavy atom. The minimum Gasteiger partial charge on any atom is -0.497 e. The number of benzene rings is 1. The number of hydrogen-bond acceptors (Lipinski definition) is 5. The number of imidazole rings is 1. The molecule has 0 bridgehead atoms. The predicted molar refractivity (Wildman–Crippen MR) is 84.4 cm³/mol. The Kier molecular flexibility index (Phi) is 3.28. The van der Waals surface area contributed by atoms with E-state index in [2.05, 4.69) is 11.1 Å². The van der Waals surface area contributed by atoms with Crippen LogP contribution in [0.3, 0.4) is 0 Å². The van der Waals surface area contributed by atoms with E-state index in [1.54, 1.807) is 25.1 Å². The Hall–Kier alpha value is -2.05. The maximum absolute atomic E-state index is 5.94. The zero-order chi connectivity index (χ0) is 15.1. The average Bonchev–Trinajstić information content (AvgIpc) is 3.00. The second-order valence-electron chi connectivity index (χ2n) is 4.97. The average molecular weight is 313 g/mol. The number of rotatable bonds is 3. The molecule has 0 saturated carbocycles. The summed E-state index contributed by atoms with van der Waals surface area (Å²) < 4.78 is 13.3. The van der Waals surface area contributed by atoms with Crippen molar-refractivity contribution in [2.75, 3.05) is 13.7 Å². The topological polar surface area (TPSA) is 49.2 Å². The van der Waals surface area contributed by atoms with E-state index in [-0.39, 0.29) is 6.23 Å². The van der Waals surface area contributed by atoms with E-state index >= 15 is 0 Å². The lowest BCUT2D eigenvalue weighted by Gasteiger charge is -2.26. The molecule has 4 rings (SSSR count). The molecule has 3 aromatic rings. The van der Waals surface area contributed by atoms with E-state index in [9.17, 15) is 0 Å². The highest BCUT2D eigenvalue weighted by molar-refractivity contribution is 7.99. The summed E-state index contributed by atoms with van der Waals surface area (Å²) in [5.74, 6) is 0.828. The van der Waals surface area contributed by atoms with Gasteiger partial charge in [0.15, 0.2) is 11.4 Å². The van der Waals surface area contributed by atoms with Gasteiger partial charge in [-0.1, -0.05) is 0 Å². The molecule has 1 aliphatic heterocycles. The monoisotopic (exact) mass is 313 g/mol. The van der Waals surface area contributed by atoms with Gasteiger partial charge in [-0.2, -0.15) is 0 Å². The lowest BCUT2D eigenvalue weighted by molar-refractivity contribution is 0.0314. The van der Waals surface area contributed by atoms with Crippen LogP contribution in [0.4, 0.5) is 0 Å². The minimum absolute atomic E-state index is 0.179. The van der Waals surface area contributed by atoms with E-state index < -0.39 is 0 Å². The maximum Gasteiger partial charge on any atom is 0.176 e. The first-order chi connectivity index (χ1) is 10.8. The first-order valence-corrected chi connectivity index (χ1v) is 7.93. The molecule has 2 aromatic heterocycles. The Bertz CT molecular complexity index is 847. The SMILES string of the molecule is CCO[C@@H]1c2cc3cc(OC)ccc3nc2Sc2nccn21. The summed E-state index contributed by atoms with van der Waals surface area (Å²) in [5, 5.41) is 2.91. The molecule has 22 heavy (non-hydrogen) atoms. The van der Waals surface area contributed by atoms with Crippen molar-refractivity contribution in [1.29, 1.82) is 0 Å². The van der Waals surface area contributed by atoms with Crippen molar-refractivity contribution in [3.63, 3.8) is 0 Å². The fraction of sp³-hybridized carbons (Fsp3) is 0.250. The highest BCUT2D eigenvalue weighted by Crippen LogP contribution is 2.41. The van der Waals surface area contributed by atoms with Crippen LogP contribution in [0.25, 0.3) is 10.9 Å². The van der Waals surface area contributed by atoms with Crippen LogP contribution in [0, 0.1) is 0 Å². The standard InChI is InChI=1S/C16H15N3O2S/c1-3-21-15-12-9-10-8-11(20-2)4-5-13(10)18-14(12)22-16-17-6-7-19(15)16/h4-9,15H,3H2,1-2H3/t15-/m1/s1. The lowest BCUT2D eigenvalue weighted by atomic mass is 10.1. The molecule has 3 heterocycles. The number of aromatic nitrogens is 3. The van der Waals surface area contributed by atoms with Gasteiger partial charge in [0.05, 0.1) is 12.6 Å². The van der Waals surface area contributed by atoms with E-state index in [1.165, 1.54) is 0 Å². The third kappa shape index (κ3) is 2.07. The maximum atomic E-state index is 5.94. The third-order valence-corrected chi connectivity index (χ3v) is 4.70. The summed E-state index contributed by atoms with van der Waals surface area (Å²) >= 11 is 1.57. The van der Waals surface area contributed by atoms with Crippen LogP contribution in [0.15, 0.2) is 46.8 Å². The Morgan fingerprint density at radius 1 is 1.32 bits per heavy atom. The van der Waals surface area contributed by atoms with Crippen LogP contribution in [-0.2, 0) is 4.74 Å². The van der Waals surface area contributed by atoms with Crippen molar-refractivity contribution in [2.45, 2.75) is 23.3 Å². The first-order valence-electron chi connectivity index (χ1n) is 7.11. The fourth-order valence-corrected chi connectivity index (χ4v) is 3.63. The van der Waals surface area contributed by atoms with Gasteiger partial charge in [-0.3, -0.25) is 4.57 Å². The second kappa shape index (κ2) is 5.30. The molecule has 0 amide bonds. The minimum atomic E-state index is -0.179. The van der Waals surface area contributed by atoms with Gasteiger partial charge in [-0.25, -0.2) is 9.97 Å². The molecule has 6 heteroatoms. The summed E-state index contributed by atoms with van der Waals surface area (Å²) in [5.41, 5.74) is 2.01. The molecule has 0 N–H and O–H groups in total. The van der Waals surface area contributed by atoms with Gasteiger partial charge in [-0.05, 0) is 43.0 Å². The van der Waals surface area contributed by atoms with Crippen LogP contribution in [-0.4, -0.2) is 28.3 Å². The van der Waals surface area contributed by atoms with Gasteiger partial charge in [-0.15, -0.1) is 0 Å². The van der Waals surface area contributed by atoms with Crippen molar-refractivity contribution in [1.82, 2.24) is 14.5 Å². The summed E-state index contributed by atoms with van der Waals surface area (Å²) in [6, 6.07) is 8.04. The van der Waals surface area contributed by atoms with E-state index in [0.29, 0.717) is 6.61 Å². The predicted octanol–water partition coefficient (Wildman–Crippen LogP) is 3.49. The molecular weight excluding hydrogens is 298 g/mol. The Labute approximate surface area is 132 Å². The van der Waals surface area contributed by atoms with Crippen molar-refractivity contribution in [3.8, 4) is 5.75 Å². The number of hydrogen-bond donors (Lipinski definition) is 0. The summed E-state index contributed by atoms with van der Waals surface area (Å²) in [6.07, 6.45) is 3.56. The fourth-order valence-electron chi connectivity index (χ4n) is 2.66. The summed E-state index contributed by atoms with van der Waals surface area (Å²) in [7, 11) is 1.67. The van der Waals surface area contributed by atoms with Crippen LogP contribution >= 0.6 is 11.8 Å². The smallest absolute Gasteiger partial charge is 0.176 e. The van der Waals surface area contributed by atoms with E-state index in [0.717, 1.165) is 32.4 Å². The highest BCUT2D eigenvalue weighted by Gasteiger charge is 2.28. The van der Waals surface area contributed by atoms with Crippen LogP contribution in [0.2, 0.25) is 0 Å². The normalized spacial score (nSPS) is 16.4. The van der Waals surface area contributed by atoms with Crippen molar-refractivity contribution in [3.05, 3.63) is 42.2 Å². The molecule has 112 valence electrons. The number of methoxy groups -OCH3 is 1. The number of ether oxygens (including phenoxy) is 2. The van der Waals surface area contributed by atoms with Gasteiger partial charge in [0.2, 0.25) is 0 Å². The third-order valence-electron chi connectivity index (χ3n) is 3.68. The Morgan fingerprint density at radius 2 is 2.23 bits per heavy atom. The highest BCUT2D eigenvalue weighted by atomic mass is 32.2. The summed E-state index contributed by atoms with van der Waals surface area (Å²) in [4.78, 5) is 9.16. The van der Waals surface area contributed by atoms with Crippen LogP contribution in [0.1, 0.15) is 18.7 Å². The van der Waals surface area contributed by atoms with Gasteiger partial charge < -0.3 is 9.47 Å². The number of nitrogens with zero attached hydrogens (tertiary/aromatic N) is 3. The second-order valence-corrected chi connectivity index (χ2v) is 5.92. The lowest BCUT2D eigenvalue weighted by Crippen LogP contribution is -2.19. The first kappa shape index (κ1) is 13.6. The summed E-state index contributed by atoms with van der Waals surface area (Å²) in [6.45, 7) is 2.62. The molecule has 0 aliphatic carbocycles. The molecule has 5 nitrogen and oxygen atoms in total. The van der Waals surface area contributed by atoms with Crippen LogP contribution in [0.5, 0.6) is 5.75 Å². The van der Waals surface area contributed by atoms with Crippen molar-refractivity contribution >= 4 is 22.7 Å². The molecule has 0 saturated heterocycles. The van der Waals surface area contributed by atoms with Crippen molar-refractivity contribution < 1.29 is 9.47 Å². The molecule has 0 spiro atoms. The van der Waals surface area contributed by atoms with E-state index in [1.807, 2.05) is 35.9 Å². The number of pyridine rings is 1. The molecule has 0 radical (unpaired) electrons. The largest absolute Gasteiger partial charge is 0.497 e. The Balaban J connectivity index is 1.91. The van der Waals surface area contributed by atoms with Gasteiger partial charge >= 0.3 is 0 Å². The zero-order valence-corrected chi connectivity index (χ0v) is 13.1. The zero-order valence-electron chi connectivity index (χ0n) is 12.3. The number of fused-ring (bicyclic) bond motifs is 3. The van der Waals surface area contributed by atoms with Gasteiger partial charge in [0.25, 0.3) is 0 Å². The molecule has 1 aliphatic rings. The molecule has 1 aromatic carbocycles. The molecule has 0 fully saturated rings. The van der Waals surface area contributed by atoms with Crippen molar-refractivity contribution in [2.24, 2.45) is 0 Å². The quantitative estimate of drug-likeness (QED) is 0.741. The molecule has 0 unspecified atom stereocenters. The van der Waals surface area contributed by atoms with Gasteiger partial charge in [0.1, 0.15) is 10.8 Å². The van der Waals surface area contributed by atoms with E-state index in [4.69, 9.17) is 14.5 Å².